The Morgan fingerprint density at radius 3 is 2.30 bits per heavy atom. The van der Waals surface area contributed by atoms with Crippen LogP contribution < -0.4 is 5.73 Å². The van der Waals surface area contributed by atoms with Gasteiger partial charge in [-0.25, -0.2) is 14.4 Å². The maximum Gasteiger partial charge on any atom is 0.257 e. The van der Waals surface area contributed by atoms with E-state index in [1.165, 1.54) is 12.4 Å². The molecule has 30 heavy (non-hydrogen) atoms. The molecule has 2 saturated heterocycles. The molecule has 0 saturated carbocycles. The molecule has 2 fully saturated rings. The molecule has 2 unspecified atom stereocenters. The molecular formula is C22H26FN5O2. The lowest BCUT2D eigenvalue weighted by molar-refractivity contribution is 0.0771. The van der Waals surface area contributed by atoms with Crippen molar-refractivity contribution in [2.75, 3.05) is 32.7 Å². The van der Waals surface area contributed by atoms with Crippen LogP contribution in [0.3, 0.4) is 0 Å². The molecule has 1 aromatic carbocycles. The van der Waals surface area contributed by atoms with Gasteiger partial charge in [0.2, 0.25) is 5.91 Å². The summed E-state index contributed by atoms with van der Waals surface area (Å²) < 4.78 is 14.2. The van der Waals surface area contributed by atoms with Crippen LogP contribution in [0.1, 0.15) is 37.7 Å². The molecule has 1 aromatic heterocycles. The lowest BCUT2D eigenvalue weighted by Gasteiger charge is -2.22. The van der Waals surface area contributed by atoms with Gasteiger partial charge in [-0.15, -0.1) is 0 Å². The molecule has 2 amide bonds. The average Bonchev–Trinajstić information content (AvgIpc) is 3.25. The number of amides is 2. The van der Waals surface area contributed by atoms with E-state index in [0.717, 1.165) is 44.1 Å². The molecule has 7 nitrogen and oxygen atoms in total. The minimum atomic E-state index is -0.626. The Labute approximate surface area is 175 Å². The molecule has 0 spiro atoms. The zero-order valence-corrected chi connectivity index (χ0v) is 17.3. The number of hydrogen-bond donors (Lipinski definition) is 1. The van der Waals surface area contributed by atoms with E-state index in [1.54, 1.807) is 12.1 Å². The molecule has 0 bridgehead atoms. The second kappa shape index (κ2) is 8.10. The van der Waals surface area contributed by atoms with Crippen LogP contribution in [0.4, 0.5) is 4.39 Å². The number of hydrogen-bond acceptors (Lipinski definition) is 5. The smallest absolute Gasteiger partial charge is 0.257 e. The van der Waals surface area contributed by atoms with Gasteiger partial charge >= 0.3 is 0 Å². The van der Waals surface area contributed by atoms with Gasteiger partial charge in [-0.3, -0.25) is 9.59 Å². The number of aromatic nitrogens is 2. The predicted molar refractivity (Wildman–Crippen MR) is 109 cm³/mol. The minimum Gasteiger partial charge on any atom is -0.366 e. The number of halogens is 1. The van der Waals surface area contributed by atoms with Gasteiger partial charge in [-0.05, 0) is 49.8 Å². The normalized spacial score (nSPS) is 21.1. The van der Waals surface area contributed by atoms with Crippen LogP contribution in [0.5, 0.6) is 0 Å². The molecule has 0 radical (unpaired) electrons. The van der Waals surface area contributed by atoms with E-state index in [1.807, 2.05) is 18.7 Å². The first-order valence-corrected chi connectivity index (χ1v) is 10.2. The summed E-state index contributed by atoms with van der Waals surface area (Å²) in [7, 11) is 0. The number of likely N-dealkylation sites (tertiary alicyclic amines) is 2. The molecule has 2 aliphatic heterocycles. The van der Waals surface area contributed by atoms with Gasteiger partial charge in [-0.2, -0.15) is 0 Å². The highest BCUT2D eigenvalue weighted by atomic mass is 19.1. The van der Waals surface area contributed by atoms with E-state index in [9.17, 15) is 14.0 Å². The SMILES string of the molecule is Cc1ncnc(C)c1C(=O)N1CC2CN(CCc3ccc(C(N)=O)cc3F)CC2C1. The molecule has 0 aliphatic carbocycles. The summed E-state index contributed by atoms with van der Waals surface area (Å²) in [6.45, 7) is 7.70. The highest BCUT2D eigenvalue weighted by molar-refractivity contribution is 5.96. The largest absolute Gasteiger partial charge is 0.366 e. The number of nitrogens with two attached hydrogens (primary N) is 1. The third-order valence-electron chi connectivity index (χ3n) is 6.32. The van der Waals surface area contributed by atoms with Gasteiger partial charge in [-0.1, -0.05) is 6.07 Å². The molecule has 2 aromatic rings. The molecule has 8 heteroatoms. The summed E-state index contributed by atoms with van der Waals surface area (Å²) in [6.07, 6.45) is 2.06. The van der Waals surface area contributed by atoms with E-state index < -0.39 is 11.7 Å². The third kappa shape index (κ3) is 3.92. The van der Waals surface area contributed by atoms with Crippen LogP contribution in [0, 0.1) is 31.5 Å². The monoisotopic (exact) mass is 411 g/mol. The fourth-order valence-electron chi connectivity index (χ4n) is 4.68. The molecule has 2 aliphatic rings. The second-order valence-corrected chi connectivity index (χ2v) is 8.33. The summed E-state index contributed by atoms with van der Waals surface area (Å²) in [6, 6.07) is 4.41. The number of aryl methyl sites for hydroxylation is 2. The standard InChI is InChI=1S/C22H26FN5O2/c1-13-20(14(2)26-12-25-13)22(30)28-10-17-8-27(9-18(17)11-28)6-5-15-3-4-16(21(24)29)7-19(15)23/h3-4,7,12,17-18H,5-6,8-11H2,1-2H3,(H2,24,29). The number of carbonyl (C=O) groups excluding carboxylic acids is 2. The Kier molecular flexibility index (Phi) is 5.51. The fraction of sp³-hybridized carbons (Fsp3) is 0.455. The quantitative estimate of drug-likeness (QED) is 0.806. The molecule has 4 rings (SSSR count). The number of fused-ring (bicyclic) bond motifs is 1. The summed E-state index contributed by atoms with van der Waals surface area (Å²) in [5.74, 6) is -0.136. The molecule has 2 atom stereocenters. The van der Waals surface area contributed by atoms with Gasteiger partial charge in [0, 0.05) is 38.3 Å². The van der Waals surface area contributed by atoms with Crippen LogP contribution in [0.2, 0.25) is 0 Å². The highest BCUT2D eigenvalue weighted by Crippen LogP contribution is 2.32. The van der Waals surface area contributed by atoms with Gasteiger partial charge in [0.15, 0.2) is 0 Å². The van der Waals surface area contributed by atoms with E-state index in [4.69, 9.17) is 5.73 Å². The minimum absolute atomic E-state index is 0.0168. The lowest BCUT2D eigenvalue weighted by atomic mass is 10.0. The second-order valence-electron chi connectivity index (χ2n) is 8.33. The van der Waals surface area contributed by atoms with Crippen LogP contribution >= 0.6 is 0 Å². The van der Waals surface area contributed by atoms with E-state index in [-0.39, 0.29) is 11.5 Å². The Bertz CT molecular complexity index is 961. The van der Waals surface area contributed by atoms with Crippen molar-refractivity contribution in [3.63, 3.8) is 0 Å². The highest BCUT2D eigenvalue weighted by Gasteiger charge is 2.42. The number of primary amides is 1. The van der Waals surface area contributed by atoms with Crippen LogP contribution in [-0.2, 0) is 6.42 Å². The van der Waals surface area contributed by atoms with Gasteiger partial charge in [0.05, 0.1) is 17.0 Å². The van der Waals surface area contributed by atoms with Gasteiger partial charge in [0.25, 0.3) is 5.91 Å². The van der Waals surface area contributed by atoms with Crippen molar-refractivity contribution >= 4 is 11.8 Å². The fourth-order valence-corrected chi connectivity index (χ4v) is 4.68. The summed E-state index contributed by atoms with van der Waals surface area (Å²) >= 11 is 0. The van der Waals surface area contributed by atoms with Crippen molar-refractivity contribution in [1.29, 1.82) is 0 Å². The van der Waals surface area contributed by atoms with Crippen molar-refractivity contribution in [1.82, 2.24) is 19.8 Å². The van der Waals surface area contributed by atoms with E-state index in [2.05, 4.69) is 14.9 Å². The van der Waals surface area contributed by atoms with Crippen LogP contribution in [-0.4, -0.2) is 64.3 Å². The van der Waals surface area contributed by atoms with Crippen molar-refractivity contribution in [3.05, 3.63) is 58.4 Å². The predicted octanol–water partition coefficient (Wildman–Crippen LogP) is 1.58. The van der Waals surface area contributed by atoms with E-state index in [0.29, 0.717) is 29.4 Å². The first kappa shape index (κ1) is 20.4. The summed E-state index contributed by atoms with van der Waals surface area (Å²) in [5.41, 5.74) is 8.02. The maximum absolute atomic E-state index is 14.2. The van der Waals surface area contributed by atoms with Crippen LogP contribution in [0.25, 0.3) is 0 Å². The Balaban J connectivity index is 1.33. The Hall–Kier alpha value is -2.87. The van der Waals surface area contributed by atoms with Crippen molar-refractivity contribution in [2.45, 2.75) is 20.3 Å². The zero-order chi connectivity index (χ0) is 21.4. The summed E-state index contributed by atoms with van der Waals surface area (Å²) in [4.78, 5) is 36.7. The maximum atomic E-state index is 14.2. The van der Waals surface area contributed by atoms with Crippen molar-refractivity contribution in [3.8, 4) is 0 Å². The van der Waals surface area contributed by atoms with Crippen LogP contribution in [0.15, 0.2) is 24.5 Å². The zero-order valence-electron chi connectivity index (χ0n) is 17.3. The number of nitrogens with zero attached hydrogens (tertiary/aromatic N) is 4. The number of carbonyl (C=O) groups is 2. The van der Waals surface area contributed by atoms with Crippen molar-refractivity contribution in [2.24, 2.45) is 17.6 Å². The van der Waals surface area contributed by atoms with E-state index >= 15 is 0 Å². The first-order chi connectivity index (χ1) is 14.3. The number of rotatable bonds is 5. The molecule has 3 heterocycles. The average molecular weight is 411 g/mol. The Morgan fingerprint density at radius 1 is 1.10 bits per heavy atom. The molecule has 2 N–H and O–H groups in total. The first-order valence-electron chi connectivity index (χ1n) is 10.2. The molecule has 158 valence electrons. The van der Waals surface area contributed by atoms with Gasteiger partial charge in [0.1, 0.15) is 12.1 Å². The Morgan fingerprint density at radius 2 is 1.73 bits per heavy atom. The van der Waals surface area contributed by atoms with Gasteiger partial charge < -0.3 is 15.5 Å². The van der Waals surface area contributed by atoms with Crippen molar-refractivity contribution < 1.29 is 14.0 Å². The topological polar surface area (TPSA) is 92.4 Å². The number of benzene rings is 1. The lowest BCUT2D eigenvalue weighted by Crippen LogP contribution is -2.34. The summed E-state index contributed by atoms with van der Waals surface area (Å²) in [5, 5.41) is 0. The molecular weight excluding hydrogens is 385 g/mol. The third-order valence-corrected chi connectivity index (χ3v) is 6.32.